The summed E-state index contributed by atoms with van der Waals surface area (Å²) in [5.41, 5.74) is 1.32. The van der Waals surface area contributed by atoms with E-state index in [0.717, 1.165) is 11.3 Å². The Hall–Kier alpha value is -2.34. The van der Waals surface area contributed by atoms with Gasteiger partial charge in [-0.15, -0.1) is 0 Å². The van der Waals surface area contributed by atoms with Gasteiger partial charge in [0, 0.05) is 12.1 Å². The highest BCUT2D eigenvalue weighted by Gasteiger charge is 2.20. The van der Waals surface area contributed by atoms with Gasteiger partial charge in [-0.05, 0) is 48.3 Å². The van der Waals surface area contributed by atoms with E-state index in [1.54, 1.807) is 48.2 Å². The number of carbonyl (C=O) groups is 2. The van der Waals surface area contributed by atoms with Crippen LogP contribution < -0.4 is 10.6 Å². The van der Waals surface area contributed by atoms with Gasteiger partial charge in [0.15, 0.2) is 0 Å². The van der Waals surface area contributed by atoms with Crippen molar-refractivity contribution in [3.05, 3.63) is 71.5 Å². The fourth-order valence-electron chi connectivity index (χ4n) is 2.25. The van der Waals surface area contributed by atoms with Crippen LogP contribution >= 0.6 is 11.8 Å². The van der Waals surface area contributed by atoms with Crippen molar-refractivity contribution >= 4 is 23.6 Å². The molecule has 4 nitrogen and oxygen atoms in total. The molecule has 0 aliphatic rings. The highest BCUT2D eigenvalue weighted by atomic mass is 32.2. The molecule has 0 fully saturated rings. The Bertz CT molecular complexity index is 692. The Morgan fingerprint density at radius 2 is 1.76 bits per heavy atom. The number of nitrogens with one attached hydrogen (secondary N) is 2. The van der Waals surface area contributed by atoms with Crippen molar-refractivity contribution in [1.29, 1.82) is 0 Å². The molecule has 2 aromatic carbocycles. The van der Waals surface area contributed by atoms with E-state index in [1.807, 2.05) is 12.3 Å². The molecule has 6 heteroatoms. The molecular weight excluding hydrogens is 339 g/mol. The second-order valence-electron chi connectivity index (χ2n) is 5.52. The first kappa shape index (κ1) is 19.0. The second-order valence-corrected chi connectivity index (χ2v) is 6.50. The largest absolute Gasteiger partial charge is 0.350 e. The fraction of sp³-hybridized carbons (Fsp3) is 0.263. The van der Waals surface area contributed by atoms with E-state index in [9.17, 15) is 14.0 Å². The SMILES string of the molecule is CSCCC(NC(=O)c1ccccc1)C(=O)NCc1ccc(F)cc1. The maximum Gasteiger partial charge on any atom is 0.251 e. The molecule has 0 saturated carbocycles. The van der Waals surface area contributed by atoms with Gasteiger partial charge in [0.1, 0.15) is 11.9 Å². The van der Waals surface area contributed by atoms with E-state index in [0.29, 0.717) is 12.0 Å². The molecule has 0 radical (unpaired) electrons. The van der Waals surface area contributed by atoms with Crippen molar-refractivity contribution in [2.24, 2.45) is 0 Å². The number of rotatable bonds is 8. The molecule has 1 unspecified atom stereocenters. The number of thioether (sulfide) groups is 1. The fourth-order valence-corrected chi connectivity index (χ4v) is 2.72. The Morgan fingerprint density at radius 3 is 2.40 bits per heavy atom. The van der Waals surface area contributed by atoms with Crippen LogP contribution in [0.4, 0.5) is 4.39 Å². The lowest BCUT2D eigenvalue weighted by molar-refractivity contribution is -0.123. The van der Waals surface area contributed by atoms with E-state index in [4.69, 9.17) is 0 Å². The Balaban J connectivity index is 1.96. The monoisotopic (exact) mass is 360 g/mol. The van der Waals surface area contributed by atoms with Crippen LogP contribution in [0.3, 0.4) is 0 Å². The molecule has 0 heterocycles. The predicted octanol–water partition coefficient (Wildman–Crippen LogP) is 2.99. The smallest absolute Gasteiger partial charge is 0.251 e. The van der Waals surface area contributed by atoms with Crippen LogP contribution in [0.5, 0.6) is 0 Å². The van der Waals surface area contributed by atoms with Crippen molar-refractivity contribution in [3.8, 4) is 0 Å². The summed E-state index contributed by atoms with van der Waals surface area (Å²) in [5.74, 6) is -0.0849. The summed E-state index contributed by atoms with van der Waals surface area (Å²) in [6.45, 7) is 0.288. The minimum Gasteiger partial charge on any atom is -0.350 e. The van der Waals surface area contributed by atoms with Gasteiger partial charge in [-0.1, -0.05) is 30.3 Å². The molecule has 0 spiro atoms. The topological polar surface area (TPSA) is 58.2 Å². The van der Waals surface area contributed by atoms with Crippen molar-refractivity contribution in [1.82, 2.24) is 10.6 Å². The van der Waals surface area contributed by atoms with Crippen LogP contribution in [0.1, 0.15) is 22.3 Å². The lowest BCUT2D eigenvalue weighted by Gasteiger charge is -2.18. The van der Waals surface area contributed by atoms with Crippen LogP contribution in [0, 0.1) is 5.82 Å². The number of halogens is 1. The third kappa shape index (κ3) is 6.23. The summed E-state index contributed by atoms with van der Waals surface area (Å²) >= 11 is 1.61. The Labute approximate surface area is 151 Å². The number of benzene rings is 2. The van der Waals surface area contributed by atoms with Crippen LogP contribution in [-0.4, -0.2) is 29.9 Å². The first-order chi connectivity index (χ1) is 12.1. The molecule has 2 aromatic rings. The van der Waals surface area contributed by atoms with E-state index < -0.39 is 6.04 Å². The summed E-state index contributed by atoms with van der Waals surface area (Å²) in [4.78, 5) is 24.7. The van der Waals surface area contributed by atoms with Gasteiger partial charge in [0.25, 0.3) is 5.91 Å². The van der Waals surface area contributed by atoms with Gasteiger partial charge in [0.2, 0.25) is 5.91 Å². The summed E-state index contributed by atoms with van der Waals surface area (Å²) in [6.07, 6.45) is 2.49. The van der Waals surface area contributed by atoms with Gasteiger partial charge in [-0.2, -0.15) is 11.8 Å². The normalized spacial score (nSPS) is 11.6. The lowest BCUT2D eigenvalue weighted by Crippen LogP contribution is -2.46. The summed E-state index contributed by atoms with van der Waals surface area (Å²) < 4.78 is 12.9. The molecule has 2 amide bonds. The summed E-state index contributed by atoms with van der Waals surface area (Å²) in [6, 6.07) is 14.1. The standard InChI is InChI=1S/C19H21FN2O2S/c1-25-12-11-17(22-18(23)15-5-3-2-4-6-15)19(24)21-13-14-7-9-16(20)10-8-14/h2-10,17H,11-13H2,1H3,(H,21,24)(H,22,23). The number of carbonyl (C=O) groups excluding carboxylic acids is 2. The number of hydrogen-bond donors (Lipinski definition) is 2. The van der Waals surface area contributed by atoms with Crippen LogP contribution in [-0.2, 0) is 11.3 Å². The number of amides is 2. The Kier molecular flexibility index (Phi) is 7.47. The average Bonchev–Trinajstić information content (AvgIpc) is 2.65. The zero-order valence-corrected chi connectivity index (χ0v) is 14.8. The predicted molar refractivity (Wildman–Crippen MR) is 98.9 cm³/mol. The van der Waals surface area contributed by atoms with Crippen molar-refractivity contribution in [2.45, 2.75) is 19.0 Å². The third-order valence-electron chi connectivity index (χ3n) is 3.65. The molecule has 25 heavy (non-hydrogen) atoms. The zero-order chi connectivity index (χ0) is 18.1. The van der Waals surface area contributed by atoms with Gasteiger partial charge >= 0.3 is 0 Å². The van der Waals surface area contributed by atoms with Crippen molar-refractivity contribution in [2.75, 3.05) is 12.0 Å². The number of hydrogen-bond acceptors (Lipinski definition) is 3. The van der Waals surface area contributed by atoms with Crippen molar-refractivity contribution < 1.29 is 14.0 Å². The quantitative estimate of drug-likeness (QED) is 0.761. The summed E-state index contributed by atoms with van der Waals surface area (Å²) in [5, 5.41) is 5.59. The Morgan fingerprint density at radius 1 is 1.08 bits per heavy atom. The van der Waals surface area contributed by atoms with Crippen molar-refractivity contribution in [3.63, 3.8) is 0 Å². The van der Waals surface area contributed by atoms with Crippen LogP contribution in [0.25, 0.3) is 0 Å². The van der Waals surface area contributed by atoms with E-state index in [1.165, 1.54) is 12.1 Å². The van der Waals surface area contributed by atoms with E-state index in [-0.39, 0.29) is 24.2 Å². The van der Waals surface area contributed by atoms with E-state index in [2.05, 4.69) is 10.6 Å². The zero-order valence-electron chi connectivity index (χ0n) is 14.0. The first-order valence-electron chi connectivity index (χ1n) is 7.97. The molecule has 0 saturated heterocycles. The molecule has 0 aliphatic carbocycles. The third-order valence-corrected chi connectivity index (χ3v) is 4.29. The first-order valence-corrected chi connectivity index (χ1v) is 9.36. The maximum atomic E-state index is 12.9. The molecular formula is C19H21FN2O2S. The van der Waals surface area contributed by atoms with Gasteiger partial charge < -0.3 is 10.6 Å². The molecule has 0 bridgehead atoms. The van der Waals surface area contributed by atoms with Gasteiger partial charge in [-0.25, -0.2) is 4.39 Å². The lowest BCUT2D eigenvalue weighted by atomic mass is 10.1. The minimum atomic E-state index is -0.611. The average molecular weight is 360 g/mol. The molecule has 0 aliphatic heterocycles. The second kappa shape index (κ2) is 9.84. The van der Waals surface area contributed by atoms with Crippen LogP contribution in [0.15, 0.2) is 54.6 Å². The van der Waals surface area contributed by atoms with Gasteiger partial charge in [0.05, 0.1) is 0 Å². The molecule has 2 rings (SSSR count). The molecule has 1 atom stereocenters. The van der Waals surface area contributed by atoms with E-state index >= 15 is 0 Å². The maximum absolute atomic E-state index is 12.9. The highest BCUT2D eigenvalue weighted by molar-refractivity contribution is 7.98. The molecule has 2 N–H and O–H groups in total. The molecule has 0 aromatic heterocycles. The van der Waals surface area contributed by atoms with Gasteiger partial charge in [-0.3, -0.25) is 9.59 Å². The molecule has 132 valence electrons. The minimum absolute atomic E-state index is 0.248. The summed E-state index contributed by atoms with van der Waals surface area (Å²) in [7, 11) is 0. The highest BCUT2D eigenvalue weighted by Crippen LogP contribution is 2.06. The van der Waals surface area contributed by atoms with Crippen LogP contribution in [0.2, 0.25) is 0 Å².